The molecular formula is C17H17ClO4. The van der Waals surface area contributed by atoms with Gasteiger partial charge in [-0.15, -0.1) is 0 Å². The number of benzene rings is 1. The second-order valence-corrected chi connectivity index (χ2v) is 4.98. The summed E-state index contributed by atoms with van der Waals surface area (Å²) >= 11 is 6.16. The van der Waals surface area contributed by atoms with Gasteiger partial charge in [0.2, 0.25) is 5.78 Å². The molecule has 1 aromatic heterocycles. The normalized spacial score (nSPS) is 10.9. The minimum Gasteiger partial charge on any atom is -0.491 e. The van der Waals surface area contributed by atoms with Crippen LogP contribution in [0.3, 0.4) is 0 Å². The molecule has 0 atom stereocenters. The zero-order valence-corrected chi connectivity index (χ0v) is 13.4. The summed E-state index contributed by atoms with van der Waals surface area (Å²) in [6.45, 7) is 4.15. The van der Waals surface area contributed by atoms with Crippen LogP contribution < -0.4 is 9.47 Å². The number of ketones is 1. The first kappa shape index (κ1) is 16.2. The average Bonchev–Trinajstić information content (AvgIpc) is 2.91. The Bertz CT molecular complexity index is 701. The van der Waals surface area contributed by atoms with E-state index in [1.54, 1.807) is 37.3 Å². The van der Waals surface area contributed by atoms with Gasteiger partial charge in [0.15, 0.2) is 17.3 Å². The van der Waals surface area contributed by atoms with Crippen molar-refractivity contribution in [2.75, 3.05) is 13.7 Å². The minimum atomic E-state index is -0.210. The summed E-state index contributed by atoms with van der Waals surface area (Å²) in [7, 11) is 1.53. The van der Waals surface area contributed by atoms with Crippen molar-refractivity contribution in [3.63, 3.8) is 0 Å². The molecule has 1 aromatic carbocycles. The van der Waals surface area contributed by atoms with Crippen molar-refractivity contribution in [1.29, 1.82) is 0 Å². The minimum absolute atomic E-state index is 0.210. The lowest BCUT2D eigenvalue weighted by Gasteiger charge is -2.11. The number of hydrogen-bond acceptors (Lipinski definition) is 4. The van der Waals surface area contributed by atoms with Crippen molar-refractivity contribution >= 4 is 23.5 Å². The number of halogens is 1. The highest BCUT2D eigenvalue weighted by atomic mass is 35.5. The van der Waals surface area contributed by atoms with Crippen LogP contribution in [-0.4, -0.2) is 19.5 Å². The molecule has 2 rings (SSSR count). The summed E-state index contributed by atoms with van der Waals surface area (Å²) < 4.78 is 16.0. The molecular weight excluding hydrogens is 304 g/mol. The largest absolute Gasteiger partial charge is 0.491 e. The van der Waals surface area contributed by atoms with Crippen molar-refractivity contribution in [2.45, 2.75) is 13.8 Å². The van der Waals surface area contributed by atoms with Gasteiger partial charge in [0, 0.05) is 0 Å². The molecule has 22 heavy (non-hydrogen) atoms. The summed E-state index contributed by atoms with van der Waals surface area (Å²) in [6, 6.07) is 6.87. The monoisotopic (exact) mass is 320 g/mol. The van der Waals surface area contributed by atoms with E-state index in [9.17, 15) is 4.79 Å². The number of ether oxygens (including phenoxy) is 2. The Labute approximate surface area is 134 Å². The van der Waals surface area contributed by atoms with E-state index >= 15 is 0 Å². The first-order valence-corrected chi connectivity index (χ1v) is 7.22. The fourth-order valence-electron chi connectivity index (χ4n) is 1.97. The maximum absolute atomic E-state index is 12.0. The predicted molar refractivity (Wildman–Crippen MR) is 86.0 cm³/mol. The van der Waals surface area contributed by atoms with Crippen molar-refractivity contribution in [3.8, 4) is 11.5 Å². The van der Waals surface area contributed by atoms with Crippen LogP contribution in [0.4, 0.5) is 0 Å². The van der Waals surface area contributed by atoms with Crippen LogP contribution in [0.1, 0.15) is 28.8 Å². The van der Waals surface area contributed by atoms with E-state index in [-0.39, 0.29) is 5.78 Å². The van der Waals surface area contributed by atoms with E-state index in [1.165, 1.54) is 13.2 Å². The van der Waals surface area contributed by atoms with Gasteiger partial charge in [0.05, 0.1) is 18.7 Å². The van der Waals surface area contributed by atoms with Crippen molar-refractivity contribution in [1.82, 2.24) is 0 Å². The zero-order chi connectivity index (χ0) is 16.1. The van der Waals surface area contributed by atoms with E-state index in [4.69, 9.17) is 25.5 Å². The van der Waals surface area contributed by atoms with Gasteiger partial charge >= 0.3 is 0 Å². The number of carbonyl (C=O) groups is 1. The van der Waals surface area contributed by atoms with Crippen LogP contribution in [0.2, 0.25) is 5.02 Å². The first-order chi connectivity index (χ1) is 10.5. The van der Waals surface area contributed by atoms with Crippen LogP contribution in [0, 0.1) is 6.92 Å². The molecule has 0 spiro atoms. The lowest BCUT2D eigenvalue weighted by atomic mass is 10.1. The lowest BCUT2D eigenvalue weighted by molar-refractivity contribution is 0.102. The summed E-state index contributed by atoms with van der Waals surface area (Å²) in [5.74, 6) is 1.81. The van der Waals surface area contributed by atoms with Gasteiger partial charge in [-0.2, -0.15) is 0 Å². The van der Waals surface area contributed by atoms with Crippen molar-refractivity contribution in [3.05, 3.63) is 52.4 Å². The molecule has 5 heteroatoms. The van der Waals surface area contributed by atoms with Gasteiger partial charge in [-0.05, 0) is 49.8 Å². The molecule has 0 N–H and O–H groups in total. The van der Waals surface area contributed by atoms with Gasteiger partial charge in [-0.25, -0.2) is 0 Å². The number of methoxy groups -OCH3 is 1. The number of rotatable bonds is 6. The molecule has 0 radical (unpaired) electrons. The Kier molecular flexibility index (Phi) is 5.28. The standard InChI is InChI=1S/C17H17ClO4/c1-4-21-16-10-12(9-13(18)17(16)20-3)6-7-14(19)15-8-5-11(2)22-15/h5-10H,4H2,1-3H3. The Balaban J connectivity index is 2.25. The number of carbonyl (C=O) groups excluding carboxylic acids is 1. The zero-order valence-electron chi connectivity index (χ0n) is 12.7. The average molecular weight is 321 g/mol. The van der Waals surface area contributed by atoms with Crippen LogP contribution in [0.15, 0.2) is 34.8 Å². The molecule has 0 bridgehead atoms. The molecule has 116 valence electrons. The van der Waals surface area contributed by atoms with Gasteiger partial charge in [0.25, 0.3) is 0 Å². The first-order valence-electron chi connectivity index (χ1n) is 6.84. The Morgan fingerprint density at radius 3 is 2.73 bits per heavy atom. The van der Waals surface area contributed by atoms with Crippen LogP contribution in [-0.2, 0) is 0 Å². The second-order valence-electron chi connectivity index (χ2n) is 4.58. The van der Waals surface area contributed by atoms with Gasteiger partial charge in [0.1, 0.15) is 5.76 Å². The van der Waals surface area contributed by atoms with E-state index in [1.807, 2.05) is 6.92 Å². The van der Waals surface area contributed by atoms with E-state index in [0.717, 1.165) is 5.56 Å². The quantitative estimate of drug-likeness (QED) is 0.579. The van der Waals surface area contributed by atoms with E-state index in [2.05, 4.69) is 0 Å². The van der Waals surface area contributed by atoms with Crippen molar-refractivity contribution in [2.24, 2.45) is 0 Å². The van der Waals surface area contributed by atoms with Crippen molar-refractivity contribution < 1.29 is 18.7 Å². The third kappa shape index (κ3) is 3.71. The third-order valence-electron chi connectivity index (χ3n) is 2.95. The highest BCUT2D eigenvalue weighted by Crippen LogP contribution is 2.36. The molecule has 1 heterocycles. The highest BCUT2D eigenvalue weighted by molar-refractivity contribution is 6.32. The molecule has 4 nitrogen and oxygen atoms in total. The number of hydrogen-bond donors (Lipinski definition) is 0. The Morgan fingerprint density at radius 1 is 1.36 bits per heavy atom. The maximum Gasteiger partial charge on any atom is 0.221 e. The molecule has 0 saturated heterocycles. The SMILES string of the molecule is CCOc1cc(C=CC(=O)c2ccc(C)o2)cc(Cl)c1OC. The smallest absolute Gasteiger partial charge is 0.221 e. The molecule has 0 aliphatic carbocycles. The third-order valence-corrected chi connectivity index (χ3v) is 3.23. The molecule has 0 amide bonds. The predicted octanol–water partition coefficient (Wildman–Crippen LogP) is 4.54. The van der Waals surface area contributed by atoms with Crippen LogP contribution in [0.5, 0.6) is 11.5 Å². The molecule has 0 aliphatic heterocycles. The topological polar surface area (TPSA) is 48.7 Å². The summed E-state index contributed by atoms with van der Waals surface area (Å²) in [5.41, 5.74) is 0.742. The van der Waals surface area contributed by atoms with Crippen LogP contribution in [0.25, 0.3) is 6.08 Å². The van der Waals surface area contributed by atoms with Gasteiger partial charge in [-0.3, -0.25) is 4.79 Å². The number of aryl methyl sites for hydroxylation is 1. The fourth-order valence-corrected chi connectivity index (χ4v) is 2.26. The van der Waals surface area contributed by atoms with Gasteiger partial charge in [-0.1, -0.05) is 17.7 Å². The van der Waals surface area contributed by atoms with Crippen LogP contribution >= 0.6 is 11.6 Å². The molecule has 2 aromatic rings. The number of furan rings is 1. The lowest BCUT2D eigenvalue weighted by Crippen LogP contribution is -1.97. The molecule has 0 aliphatic rings. The second kappa shape index (κ2) is 7.18. The van der Waals surface area contributed by atoms with E-state index < -0.39 is 0 Å². The molecule has 0 unspecified atom stereocenters. The maximum atomic E-state index is 12.0. The molecule has 0 saturated carbocycles. The summed E-state index contributed by atoms with van der Waals surface area (Å²) in [6.07, 6.45) is 3.10. The Morgan fingerprint density at radius 2 is 2.14 bits per heavy atom. The summed E-state index contributed by atoms with van der Waals surface area (Å²) in [4.78, 5) is 12.0. The highest BCUT2D eigenvalue weighted by Gasteiger charge is 2.11. The van der Waals surface area contributed by atoms with Gasteiger partial charge < -0.3 is 13.9 Å². The van der Waals surface area contributed by atoms with E-state index in [0.29, 0.717) is 34.6 Å². The summed E-state index contributed by atoms with van der Waals surface area (Å²) in [5, 5.41) is 0.425. The Hall–Kier alpha value is -2.20. The fraction of sp³-hybridized carbons (Fsp3) is 0.235. The molecule has 0 fully saturated rings. The number of allylic oxidation sites excluding steroid dienone is 1.